The van der Waals surface area contributed by atoms with Crippen molar-refractivity contribution in [2.24, 2.45) is 22.2 Å². The SMILES string of the molecule is CC(C)(C)OC(=O)NCCCC[C@@H]1NC(=O)[C@H](CC(=O)O)NC(=O)CNC(=O)[C@H](CCCN=C(N)N)NC(=O)[C@@H](N)CSSC[C@@H](C(=O)O)NC(=O)[C@H](CC(=O)O)NC(=O)[C@@H]2CCCN2C(=O)CNC1=O. The fourth-order valence-corrected chi connectivity index (χ4v) is 8.91. The molecule has 2 fully saturated rings. The molecule has 2 saturated heterocycles. The van der Waals surface area contributed by atoms with Crippen LogP contribution in [0.2, 0.25) is 0 Å². The first kappa shape index (κ1) is 60.5. The summed E-state index contributed by atoms with van der Waals surface area (Å²) in [5.74, 6) is -13.3. The number of aliphatic imine (C=N–C) groups is 1. The van der Waals surface area contributed by atoms with Crippen LogP contribution in [0.25, 0.3) is 0 Å². The van der Waals surface area contributed by atoms with Crippen molar-refractivity contribution in [3.63, 3.8) is 0 Å². The molecule has 0 aliphatic carbocycles. The van der Waals surface area contributed by atoms with Crippen LogP contribution in [0.15, 0.2) is 4.99 Å². The van der Waals surface area contributed by atoms with Crippen molar-refractivity contribution >= 4 is 98.8 Å². The highest BCUT2D eigenvalue weighted by Gasteiger charge is 2.38. The Morgan fingerprint density at radius 3 is 1.86 bits per heavy atom. The maximum atomic E-state index is 13.7. The fraction of sp³-hybridized carbons (Fsp3) is 0.675. The van der Waals surface area contributed by atoms with Gasteiger partial charge in [0.1, 0.15) is 41.9 Å². The Morgan fingerprint density at radius 2 is 1.27 bits per heavy atom. The number of aliphatic carboxylic acids is 3. The summed E-state index contributed by atoms with van der Waals surface area (Å²) in [6.45, 7) is 3.47. The summed E-state index contributed by atoms with van der Waals surface area (Å²) in [6.07, 6.45) is -2.13. The number of ether oxygens (including phenoxy) is 1. The Kier molecular flexibility index (Phi) is 25.7. The van der Waals surface area contributed by atoms with Crippen molar-refractivity contribution in [3.05, 3.63) is 0 Å². The van der Waals surface area contributed by atoms with Crippen LogP contribution < -0.4 is 59.7 Å². The van der Waals surface area contributed by atoms with Crippen molar-refractivity contribution in [1.29, 1.82) is 0 Å². The van der Waals surface area contributed by atoms with E-state index in [0.717, 1.165) is 26.5 Å². The Morgan fingerprint density at radius 1 is 0.718 bits per heavy atom. The highest BCUT2D eigenvalue weighted by atomic mass is 33.1. The molecule has 2 aliphatic heterocycles. The number of fused-ring (bicyclic) bond motifs is 1. The van der Waals surface area contributed by atoms with Crippen LogP contribution in [0.5, 0.6) is 0 Å². The number of carbonyl (C=O) groups is 12. The van der Waals surface area contributed by atoms with Crippen molar-refractivity contribution in [2.45, 2.75) is 126 Å². The summed E-state index contributed by atoms with van der Waals surface area (Å²) in [5, 5.41) is 47.8. The Balaban J connectivity index is 2.49. The molecule has 0 aromatic carbocycles. The van der Waals surface area contributed by atoms with E-state index in [1.807, 2.05) is 0 Å². The average molecular weight is 1050 g/mol. The van der Waals surface area contributed by atoms with Gasteiger partial charge in [-0.1, -0.05) is 21.6 Å². The molecular weight excluding hydrogens is 983 g/mol. The second-order valence-corrected chi connectivity index (χ2v) is 19.7. The first-order valence-corrected chi connectivity index (χ1v) is 24.8. The van der Waals surface area contributed by atoms with E-state index in [9.17, 15) is 72.9 Å². The molecule has 7 atom stereocenters. The summed E-state index contributed by atoms with van der Waals surface area (Å²) in [6, 6.07) is -10.7. The number of carboxylic acids is 3. The molecule has 71 heavy (non-hydrogen) atoms. The number of rotatable bonds is 14. The number of amides is 9. The number of unbranched alkanes of at least 4 members (excludes halogenated alkanes) is 1. The normalized spacial score (nSPS) is 24.3. The minimum absolute atomic E-state index is 0.00814. The van der Waals surface area contributed by atoms with Crippen LogP contribution in [-0.2, 0) is 57.5 Å². The van der Waals surface area contributed by atoms with Crippen LogP contribution in [0.1, 0.15) is 78.6 Å². The zero-order valence-corrected chi connectivity index (χ0v) is 41.1. The third-order valence-corrected chi connectivity index (χ3v) is 12.5. The minimum Gasteiger partial charge on any atom is -0.481 e. The van der Waals surface area contributed by atoms with Gasteiger partial charge in [-0.05, 0) is 65.7 Å². The number of alkyl carbamates (subject to hydrolysis) is 1. The van der Waals surface area contributed by atoms with Crippen molar-refractivity contribution in [3.8, 4) is 0 Å². The maximum absolute atomic E-state index is 13.7. The Hall–Kier alpha value is -6.63. The molecule has 9 amide bonds. The van der Waals surface area contributed by atoms with Gasteiger partial charge >= 0.3 is 24.0 Å². The van der Waals surface area contributed by atoms with Gasteiger partial charge in [0.2, 0.25) is 47.3 Å². The number of nitrogens with one attached hydrogen (secondary N) is 8. The lowest BCUT2D eigenvalue weighted by atomic mass is 10.1. The van der Waals surface area contributed by atoms with Crippen LogP contribution in [0.3, 0.4) is 0 Å². The first-order chi connectivity index (χ1) is 33.3. The van der Waals surface area contributed by atoms with E-state index in [1.54, 1.807) is 20.8 Å². The fourth-order valence-electron chi connectivity index (χ4n) is 6.63. The first-order valence-electron chi connectivity index (χ1n) is 22.3. The van der Waals surface area contributed by atoms with Gasteiger partial charge in [-0.25, -0.2) is 9.59 Å². The molecule has 0 unspecified atom stereocenters. The van der Waals surface area contributed by atoms with Crippen LogP contribution in [0, 0.1) is 0 Å². The molecule has 29 nitrogen and oxygen atoms in total. The van der Waals surface area contributed by atoms with Gasteiger partial charge in [0.05, 0.1) is 32.0 Å². The number of nitrogens with two attached hydrogens (primary N) is 3. The number of hydrogen-bond acceptors (Lipinski definition) is 17. The molecular formula is C40H65N13O16S2. The highest BCUT2D eigenvalue weighted by molar-refractivity contribution is 8.76. The molecule has 2 aliphatic rings. The predicted octanol–water partition coefficient (Wildman–Crippen LogP) is -4.86. The van der Waals surface area contributed by atoms with E-state index < -0.39 is 145 Å². The van der Waals surface area contributed by atoms with Crippen molar-refractivity contribution in [1.82, 2.24) is 47.4 Å². The molecule has 17 N–H and O–H groups in total. The zero-order valence-electron chi connectivity index (χ0n) is 39.4. The number of nitrogens with zero attached hydrogens (tertiary/aromatic N) is 2. The maximum Gasteiger partial charge on any atom is 0.407 e. The summed E-state index contributed by atoms with van der Waals surface area (Å²) in [4.78, 5) is 160. The molecule has 0 aromatic rings. The Bertz CT molecular complexity index is 1990. The second-order valence-electron chi connectivity index (χ2n) is 17.1. The lowest BCUT2D eigenvalue weighted by Crippen LogP contribution is -2.57. The number of carbonyl (C=O) groups excluding carboxylic acids is 9. The third-order valence-electron chi connectivity index (χ3n) is 10.1. The van der Waals surface area contributed by atoms with E-state index in [1.165, 1.54) is 0 Å². The molecule has 0 aromatic heterocycles. The highest BCUT2D eigenvalue weighted by Crippen LogP contribution is 2.23. The molecule has 0 saturated carbocycles. The van der Waals surface area contributed by atoms with Gasteiger partial charge in [-0.3, -0.25) is 52.9 Å². The zero-order chi connectivity index (χ0) is 53.4. The van der Waals surface area contributed by atoms with Gasteiger partial charge in [-0.15, -0.1) is 0 Å². The number of hydrogen-bond donors (Lipinski definition) is 14. The Labute approximate surface area is 415 Å². The largest absolute Gasteiger partial charge is 0.481 e. The molecule has 0 bridgehead atoms. The molecule has 398 valence electrons. The van der Waals surface area contributed by atoms with Crippen LogP contribution in [-0.4, -0.2) is 190 Å². The molecule has 0 radical (unpaired) electrons. The van der Waals surface area contributed by atoms with Gasteiger partial charge < -0.3 is 84.7 Å². The van der Waals surface area contributed by atoms with Gasteiger partial charge in [0.15, 0.2) is 5.96 Å². The van der Waals surface area contributed by atoms with E-state index in [2.05, 4.69) is 47.5 Å². The summed E-state index contributed by atoms with van der Waals surface area (Å²) in [5.41, 5.74) is 16.0. The average Bonchev–Trinajstić information content (AvgIpc) is 3.77. The van der Waals surface area contributed by atoms with E-state index in [-0.39, 0.29) is 82.0 Å². The van der Waals surface area contributed by atoms with Crippen molar-refractivity contribution < 1.29 is 77.6 Å². The smallest absolute Gasteiger partial charge is 0.407 e. The summed E-state index contributed by atoms with van der Waals surface area (Å²) in [7, 11) is 1.78. The third kappa shape index (κ3) is 23.7. The monoisotopic (exact) mass is 1050 g/mol. The second kappa shape index (κ2) is 30.2. The molecule has 0 spiro atoms. The van der Waals surface area contributed by atoms with E-state index >= 15 is 0 Å². The van der Waals surface area contributed by atoms with Gasteiger partial charge in [-0.2, -0.15) is 0 Å². The van der Waals surface area contributed by atoms with Crippen LogP contribution >= 0.6 is 21.6 Å². The predicted molar refractivity (Wildman–Crippen MR) is 253 cm³/mol. The minimum atomic E-state index is -1.83. The number of carboxylic acid groups (broad SMARTS) is 3. The molecule has 31 heteroatoms. The lowest BCUT2D eigenvalue weighted by Gasteiger charge is -2.27. The van der Waals surface area contributed by atoms with E-state index in [4.69, 9.17) is 21.9 Å². The van der Waals surface area contributed by atoms with Crippen LogP contribution in [0.4, 0.5) is 4.79 Å². The summed E-state index contributed by atoms with van der Waals surface area (Å²) < 4.78 is 5.20. The lowest BCUT2D eigenvalue weighted by molar-refractivity contribution is -0.144. The quantitative estimate of drug-likeness (QED) is 0.0336. The summed E-state index contributed by atoms with van der Waals surface area (Å²) >= 11 is 0. The van der Waals surface area contributed by atoms with Gasteiger partial charge in [0, 0.05) is 31.1 Å². The van der Waals surface area contributed by atoms with Crippen molar-refractivity contribution in [2.75, 3.05) is 44.2 Å². The molecule has 2 rings (SSSR count). The molecule has 2 heterocycles. The standard InChI is InChI=1S/C40H65N13O16S2/c1-40(2,3)69-39(68)45-11-5-4-8-21-33(62)47-17-28(55)53-13-7-10-26(53)36(65)51-24(15-30(58)59)35(64)52-25(37(66)67)19-71-70-18-20(41)31(60)49-22(9-6-12-44-38(42)43)32(61)46-16-27(54)48-23(14-29(56)57)34(63)50-21/h20-26H,4-19,41H2,1-3H3,(H,45,68)(H,46,61)(H,47,62)(H,48,54)(H,49,60)(H,50,63)(H,51,65)(H,52,64)(H,56,57)(H,58,59)(H,66,67)(H4,42,43,44)/t20-,21-,22-,23-,24-,25-,26-/m0/s1. The topological polar surface area (TPSA) is 465 Å². The van der Waals surface area contributed by atoms with Gasteiger partial charge in [0.25, 0.3) is 0 Å². The number of guanidine groups is 1. The van der Waals surface area contributed by atoms with E-state index in [0.29, 0.717) is 0 Å².